The number of benzene rings is 1. The monoisotopic (exact) mass is 247 g/mol. The van der Waals surface area contributed by atoms with Crippen LogP contribution in [0.25, 0.3) is 0 Å². The van der Waals surface area contributed by atoms with Crippen LogP contribution in [-0.2, 0) is 0 Å². The second-order valence-electron chi connectivity index (χ2n) is 5.74. The Hall–Kier alpha value is -1.38. The van der Waals surface area contributed by atoms with Crippen LogP contribution in [-0.4, -0.2) is 13.1 Å². The fourth-order valence-corrected chi connectivity index (χ4v) is 2.81. The van der Waals surface area contributed by atoms with Crippen molar-refractivity contribution >= 4 is 17.1 Å². The maximum atomic E-state index is 5.89. The SMILES string of the molecule is CC(C)C1CCCN(c2ccc(N)c(N)c2)CC1. The Morgan fingerprint density at radius 2 is 1.89 bits per heavy atom. The first kappa shape index (κ1) is 13.1. The predicted molar refractivity (Wildman–Crippen MR) is 79.7 cm³/mol. The number of hydrogen-bond acceptors (Lipinski definition) is 3. The minimum Gasteiger partial charge on any atom is -0.397 e. The van der Waals surface area contributed by atoms with Crippen LogP contribution >= 0.6 is 0 Å². The summed E-state index contributed by atoms with van der Waals surface area (Å²) in [6.45, 7) is 6.93. The van der Waals surface area contributed by atoms with Gasteiger partial charge in [0.25, 0.3) is 0 Å². The predicted octanol–water partition coefficient (Wildman–Crippen LogP) is 3.11. The molecule has 0 amide bonds. The van der Waals surface area contributed by atoms with E-state index in [1.165, 1.54) is 24.9 Å². The van der Waals surface area contributed by atoms with Crippen molar-refractivity contribution in [2.24, 2.45) is 11.8 Å². The summed E-state index contributed by atoms with van der Waals surface area (Å²) in [6, 6.07) is 6.00. The molecule has 1 aliphatic heterocycles. The molecule has 1 fully saturated rings. The lowest BCUT2D eigenvalue weighted by Crippen LogP contribution is -2.24. The van der Waals surface area contributed by atoms with Crippen LogP contribution in [0.1, 0.15) is 33.1 Å². The molecule has 0 bridgehead atoms. The molecular formula is C15H25N3. The van der Waals surface area contributed by atoms with Gasteiger partial charge >= 0.3 is 0 Å². The highest BCUT2D eigenvalue weighted by Gasteiger charge is 2.19. The number of hydrogen-bond donors (Lipinski definition) is 2. The van der Waals surface area contributed by atoms with Gasteiger partial charge in [0.2, 0.25) is 0 Å². The van der Waals surface area contributed by atoms with Crippen molar-refractivity contribution in [3.05, 3.63) is 18.2 Å². The summed E-state index contributed by atoms with van der Waals surface area (Å²) >= 11 is 0. The minimum atomic E-state index is 0.675. The van der Waals surface area contributed by atoms with Crippen LogP contribution in [0.3, 0.4) is 0 Å². The smallest absolute Gasteiger partial charge is 0.0568 e. The van der Waals surface area contributed by atoms with Gasteiger partial charge in [0, 0.05) is 18.8 Å². The molecule has 1 unspecified atom stereocenters. The van der Waals surface area contributed by atoms with Gasteiger partial charge in [-0.1, -0.05) is 13.8 Å². The Balaban J connectivity index is 2.07. The first-order valence-electron chi connectivity index (χ1n) is 6.98. The Bertz CT molecular complexity index is 401. The third-order valence-corrected chi connectivity index (χ3v) is 4.15. The van der Waals surface area contributed by atoms with Crippen molar-refractivity contribution in [2.75, 3.05) is 29.5 Å². The number of anilines is 3. The molecule has 0 saturated carbocycles. The molecule has 3 nitrogen and oxygen atoms in total. The molecule has 1 aliphatic rings. The summed E-state index contributed by atoms with van der Waals surface area (Å²) in [5.74, 6) is 1.66. The first-order valence-corrected chi connectivity index (χ1v) is 6.98. The molecule has 0 radical (unpaired) electrons. The van der Waals surface area contributed by atoms with Gasteiger partial charge in [0.05, 0.1) is 11.4 Å². The molecule has 1 aromatic rings. The van der Waals surface area contributed by atoms with Gasteiger partial charge in [-0.15, -0.1) is 0 Å². The van der Waals surface area contributed by atoms with E-state index in [9.17, 15) is 0 Å². The zero-order chi connectivity index (χ0) is 13.1. The fraction of sp³-hybridized carbons (Fsp3) is 0.600. The molecule has 0 aromatic heterocycles. The second-order valence-corrected chi connectivity index (χ2v) is 5.74. The number of nitrogens with two attached hydrogens (primary N) is 2. The zero-order valence-corrected chi connectivity index (χ0v) is 11.5. The first-order chi connectivity index (χ1) is 8.58. The van der Waals surface area contributed by atoms with Crippen molar-refractivity contribution in [3.63, 3.8) is 0 Å². The van der Waals surface area contributed by atoms with Crippen LogP contribution in [0.15, 0.2) is 18.2 Å². The third kappa shape index (κ3) is 2.89. The standard InChI is InChI=1S/C15H25N3/c1-11(2)12-4-3-8-18(9-7-12)13-5-6-14(16)15(17)10-13/h5-6,10-12H,3-4,7-9,16-17H2,1-2H3. The van der Waals surface area contributed by atoms with Crippen molar-refractivity contribution in [3.8, 4) is 0 Å². The average Bonchev–Trinajstić information content (AvgIpc) is 2.58. The molecule has 4 N–H and O–H groups in total. The van der Waals surface area contributed by atoms with E-state index >= 15 is 0 Å². The number of nitrogen functional groups attached to an aromatic ring is 2. The lowest BCUT2D eigenvalue weighted by atomic mass is 9.89. The minimum absolute atomic E-state index is 0.675. The summed E-state index contributed by atoms with van der Waals surface area (Å²) in [7, 11) is 0. The van der Waals surface area contributed by atoms with E-state index in [0.717, 1.165) is 24.9 Å². The van der Waals surface area contributed by atoms with Crippen LogP contribution < -0.4 is 16.4 Å². The van der Waals surface area contributed by atoms with Gasteiger partial charge in [-0.25, -0.2) is 0 Å². The fourth-order valence-electron chi connectivity index (χ4n) is 2.81. The Morgan fingerprint density at radius 3 is 2.56 bits per heavy atom. The average molecular weight is 247 g/mol. The highest BCUT2D eigenvalue weighted by molar-refractivity contribution is 5.69. The van der Waals surface area contributed by atoms with Gasteiger partial charge < -0.3 is 16.4 Å². The van der Waals surface area contributed by atoms with Crippen LogP contribution in [0.4, 0.5) is 17.1 Å². The molecule has 1 aromatic carbocycles. The van der Waals surface area contributed by atoms with E-state index in [4.69, 9.17) is 11.5 Å². The summed E-state index contributed by atoms with van der Waals surface area (Å²) in [4.78, 5) is 2.44. The Labute approximate surface area is 110 Å². The summed E-state index contributed by atoms with van der Waals surface area (Å²) < 4.78 is 0. The molecule has 18 heavy (non-hydrogen) atoms. The van der Waals surface area contributed by atoms with Crippen molar-refractivity contribution in [2.45, 2.75) is 33.1 Å². The van der Waals surface area contributed by atoms with Crippen molar-refractivity contribution < 1.29 is 0 Å². The quantitative estimate of drug-likeness (QED) is 0.789. The molecule has 0 spiro atoms. The van der Waals surface area contributed by atoms with Gasteiger partial charge in [-0.2, -0.15) is 0 Å². The van der Waals surface area contributed by atoms with Crippen LogP contribution in [0.2, 0.25) is 0 Å². The molecule has 3 heteroatoms. The molecule has 100 valence electrons. The Kier molecular flexibility index (Phi) is 4.00. The summed E-state index contributed by atoms with van der Waals surface area (Å²) in [6.07, 6.45) is 3.90. The number of rotatable bonds is 2. The van der Waals surface area contributed by atoms with E-state index in [-0.39, 0.29) is 0 Å². The second kappa shape index (κ2) is 5.51. The van der Waals surface area contributed by atoms with E-state index < -0.39 is 0 Å². The van der Waals surface area contributed by atoms with Crippen molar-refractivity contribution in [1.29, 1.82) is 0 Å². The normalized spacial score (nSPS) is 21.1. The Morgan fingerprint density at radius 1 is 1.11 bits per heavy atom. The lowest BCUT2D eigenvalue weighted by Gasteiger charge is -2.24. The maximum Gasteiger partial charge on any atom is 0.0568 e. The molecule has 1 saturated heterocycles. The van der Waals surface area contributed by atoms with Crippen LogP contribution in [0.5, 0.6) is 0 Å². The molecule has 1 atom stereocenters. The number of nitrogens with zero attached hydrogens (tertiary/aromatic N) is 1. The molecule has 0 aliphatic carbocycles. The molecular weight excluding hydrogens is 222 g/mol. The van der Waals surface area contributed by atoms with Crippen LogP contribution in [0, 0.1) is 11.8 Å². The van der Waals surface area contributed by atoms with Gasteiger partial charge in [-0.05, 0) is 49.3 Å². The van der Waals surface area contributed by atoms with E-state index in [0.29, 0.717) is 11.4 Å². The summed E-state index contributed by atoms with van der Waals surface area (Å²) in [5, 5.41) is 0. The van der Waals surface area contributed by atoms with Crippen molar-refractivity contribution in [1.82, 2.24) is 0 Å². The van der Waals surface area contributed by atoms with E-state index in [1.54, 1.807) is 0 Å². The largest absolute Gasteiger partial charge is 0.397 e. The maximum absolute atomic E-state index is 5.89. The zero-order valence-electron chi connectivity index (χ0n) is 11.5. The van der Waals surface area contributed by atoms with Gasteiger partial charge in [0.15, 0.2) is 0 Å². The summed E-state index contributed by atoms with van der Waals surface area (Å²) in [5.41, 5.74) is 14.2. The van der Waals surface area contributed by atoms with E-state index in [1.807, 2.05) is 12.1 Å². The third-order valence-electron chi connectivity index (χ3n) is 4.15. The topological polar surface area (TPSA) is 55.3 Å². The molecule has 2 rings (SSSR count). The highest BCUT2D eigenvalue weighted by atomic mass is 15.1. The van der Waals surface area contributed by atoms with Gasteiger partial charge in [0.1, 0.15) is 0 Å². The lowest BCUT2D eigenvalue weighted by molar-refractivity contribution is 0.351. The highest BCUT2D eigenvalue weighted by Crippen LogP contribution is 2.29. The molecule has 1 heterocycles. The van der Waals surface area contributed by atoms with E-state index in [2.05, 4.69) is 24.8 Å². The van der Waals surface area contributed by atoms with Gasteiger partial charge in [-0.3, -0.25) is 0 Å².